The molecule has 4 aliphatic carbocycles. The molecule has 0 unspecified atom stereocenters. The number of amides is 2. The Balaban J connectivity index is 1.25. The van der Waals surface area contributed by atoms with E-state index >= 15 is 0 Å². The van der Waals surface area contributed by atoms with Crippen LogP contribution < -0.4 is 10.1 Å². The van der Waals surface area contributed by atoms with E-state index in [0.717, 1.165) is 60.1 Å². The molecule has 2 amide bonds. The molecule has 4 saturated carbocycles. The Morgan fingerprint density at radius 3 is 2.37 bits per heavy atom. The quantitative estimate of drug-likeness (QED) is 0.533. The fourth-order valence-corrected chi connectivity index (χ4v) is 7.47. The third-order valence-corrected chi connectivity index (χ3v) is 8.53. The summed E-state index contributed by atoms with van der Waals surface area (Å²) in [6, 6.07) is 7.57. The molecule has 5 aliphatic rings. The number of ether oxygens (including phenoxy) is 1. The van der Waals surface area contributed by atoms with Crippen LogP contribution in [-0.4, -0.2) is 40.2 Å². The van der Waals surface area contributed by atoms with E-state index in [1.807, 2.05) is 30.3 Å². The van der Waals surface area contributed by atoms with Crippen molar-refractivity contribution in [1.29, 1.82) is 0 Å². The Hall–Kier alpha value is -1.86. The molecule has 1 aliphatic heterocycles. The number of benzene rings is 1. The van der Waals surface area contributed by atoms with E-state index in [1.54, 1.807) is 7.11 Å². The number of rotatable bonds is 5. The molecule has 5 nitrogen and oxygen atoms in total. The van der Waals surface area contributed by atoms with Crippen LogP contribution in [0.2, 0.25) is 0 Å². The standard InChI is InChI=1S/C23H26N2O3S2/c1-28-18-4-2-14(3-5-18)9-19-21(29)25(22(27)30-19)13-20(26)24-23-10-15-6-16(11-23)8-17(7-15)12-23/h2-5,9,15-17H,6-8,10-13H2,1H3,(H,24,26). The van der Waals surface area contributed by atoms with Gasteiger partial charge in [0.25, 0.3) is 5.24 Å². The van der Waals surface area contributed by atoms with Gasteiger partial charge in [-0.15, -0.1) is 0 Å². The van der Waals surface area contributed by atoms with Crippen LogP contribution in [0, 0.1) is 17.8 Å². The Labute approximate surface area is 186 Å². The molecule has 1 aromatic rings. The average molecular weight is 443 g/mol. The fraction of sp³-hybridized carbons (Fsp3) is 0.522. The zero-order valence-corrected chi connectivity index (χ0v) is 18.7. The summed E-state index contributed by atoms with van der Waals surface area (Å²) in [4.78, 5) is 28.0. The molecular weight excluding hydrogens is 416 g/mol. The number of carbonyl (C=O) groups excluding carboxylic acids is 2. The van der Waals surface area contributed by atoms with Gasteiger partial charge in [-0.25, -0.2) is 0 Å². The first kappa shape index (κ1) is 20.1. The number of thioether (sulfide) groups is 1. The van der Waals surface area contributed by atoms with Gasteiger partial charge in [0.1, 0.15) is 17.3 Å². The maximum atomic E-state index is 12.9. The van der Waals surface area contributed by atoms with Crippen LogP contribution in [-0.2, 0) is 4.79 Å². The van der Waals surface area contributed by atoms with Crippen molar-refractivity contribution in [2.24, 2.45) is 17.8 Å². The van der Waals surface area contributed by atoms with Crippen molar-refractivity contribution in [2.45, 2.75) is 44.1 Å². The fourth-order valence-electron chi connectivity index (χ4n) is 6.23. The lowest BCUT2D eigenvalue weighted by Crippen LogP contribution is -2.61. The van der Waals surface area contributed by atoms with Crippen molar-refractivity contribution in [3.05, 3.63) is 34.7 Å². The third-order valence-electron chi connectivity index (χ3n) is 7.03. The molecule has 1 N–H and O–H groups in total. The highest BCUT2D eigenvalue weighted by atomic mass is 32.2. The normalized spacial score (nSPS) is 33.4. The van der Waals surface area contributed by atoms with Gasteiger partial charge in [0, 0.05) is 5.54 Å². The summed E-state index contributed by atoms with van der Waals surface area (Å²) in [7, 11) is 1.63. The second-order valence-electron chi connectivity index (χ2n) is 9.29. The monoisotopic (exact) mass is 442 g/mol. The second-order valence-corrected chi connectivity index (χ2v) is 10.7. The van der Waals surface area contributed by atoms with E-state index in [4.69, 9.17) is 17.0 Å². The summed E-state index contributed by atoms with van der Waals surface area (Å²) in [5, 5.41) is 3.15. The van der Waals surface area contributed by atoms with E-state index in [0.29, 0.717) is 9.89 Å². The lowest BCUT2D eigenvalue weighted by atomic mass is 9.53. The van der Waals surface area contributed by atoms with Gasteiger partial charge in [-0.2, -0.15) is 0 Å². The summed E-state index contributed by atoms with van der Waals surface area (Å²) >= 11 is 6.63. The minimum absolute atomic E-state index is 0.00632. The molecule has 0 spiro atoms. The first-order valence-electron chi connectivity index (χ1n) is 10.6. The molecule has 6 rings (SSSR count). The number of methoxy groups -OCH3 is 1. The molecule has 5 fully saturated rings. The summed E-state index contributed by atoms with van der Waals surface area (Å²) in [6.07, 6.45) is 9.18. The van der Waals surface area contributed by atoms with Crippen LogP contribution in [0.15, 0.2) is 29.2 Å². The maximum Gasteiger partial charge on any atom is 0.292 e. The van der Waals surface area contributed by atoms with E-state index in [-0.39, 0.29) is 23.2 Å². The first-order chi connectivity index (χ1) is 14.4. The Morgan fingerprint density at radius 2 is 1.80 bits per heavy atom. The number of hydrogen-bond acceptors (Lipinski definition) is 5. The number of thiocarbonyl (C=S) groups is 1. The van der Waals surface area contributed by atoms with Gasteiger partial charge < -0.3 is 10.1 Å². The van der Waals surface area contributed by atoms with Crippen molar-refractivity contribution in [2.75, 3.05) is 13.7 Å². The Kier molecular flexibility index (Phi) is 5.14. The Bertz CT molecular complexity index is 890. The SMILES string of the molecule is COc1ccc(C=C2SC(=O)N(CC(=O)NC34CC5CC(CC(C5)C3)C4)C2=S)cc1. The van der Waals surface area contributed by atoms with E-state index in [9.17, 15) is 9.59 Å². The molecule has 158 valence electrons. The molecule has 1 saturated heterocycles. The molecule has 0 atom stereocenters. The van der Waals surface area contributed by atoms with Gasteiger partial charge in [-0.05, 0) is 91.8 Å². The highest BCUT2D eigenvalue weighted by Crippen LogP contribution is 2.55. The zero-order chi connectivity index (χ0) is 20.9. The molecule has 1 aromatic carbocycles. The molecule has 4 bridgehead atoms. The smallest absolute Gasteiger partial charge is 0.292 e. The van der Waals surface area contributed by atoms with Crippen LogP contribution in [0.25, 0.3) is 6.08 Å². The van der Waals surface area contributed by atoms with Crippen molar-refractivity contribution in [1.82, 2.24) is 10.2 Å². The molecular formula is C23H26N2O3S2. The summed E-state index contributed by atoms with van der Waals surface area (Å²) in [5.41, 5.74) is 0.888. The number of nitrogens with one attached hydrogen (secondary N) is 1. The summed E-state index contributed by atoms with van der Waals surface area (Å²) in [5.74, 6) is 2.98. The topological polar surface area (TPSA) is 58.6 Å². The van der Waals surface area contributed by atoms with Crippen molar-refractivity contribution in [3.63, 3.8) is 0 Å². The summed E-state index contributed by atoms with van der Waals surface area (Å²) < 4.78 is 5.18. The minimum Gasteiger partial charge on any atom is -0.497 e. The predicted octanol–water partition coefficient (Wildman–Crippen LogP) is 4.62. The van der Waals surface area contributed by atoms with E-state index in [2.05, 4.69) is 5.32 Å². The molecule has 30 heavy (non-hydrogen) atoms. The van der Waals surface area contributed by atoms with Crippen LogP contribution in [0.4, 0.5) is 4.79 Å². The van der Waals surface area contributed by atoms with E-state index in [1.165, 1.54) is 24.2 Å². The summed E-state index contributed by atoms with van der Waals surface area (Å²) in [6.45, 7) is 0.00632. The highest BCUT2D eigenvalue weighted by Gasteiger charge is 2.51. The minimum atomic E-state index is -0.180. The second kappa shape index (κ2) is 7.68. The third kappa shape index (κ3) is 3.78. The van der Waals surface area contributed by atoms with Gasteiger partial charge >= 0.3 is 0 Å². The predicted molar refractivity (Wildman–Crippen MR) is 122 cm³/mol. The van der Waals surface area contributed by atoms with Gasteiger partial charge in [-0.3, -0.25) is 14.5 Å². The van der Waals surface area contributed by atoms with Crippen molar-refractivity contribution in [3.8, 4) is 5.75 Å². The largest absolute Gasteiger partial charge is 0.497 e. The lowest BCUT2D eigenvalue weighted by molar-refractivity contribution is -0.126. The van der Waals surface area contributed by atoms with Crippen molar-refractivity contribution >= 4 is 46.2 Å². The van der Waals surface area contributed by atoms with Crippen LogP contribution in [0.1, 0.15) is 44.1 Å². The van der Waals surface area contributed by atoms with Gasteiger partial charge in [0.05, 0.1) is 12.0 Å². The van der Waals surface area contributed by atoms with Gasteiger partial charge in [-0.1, -0.05) is 24.4 Å². The van der Waals surface area contributed by atoms with Gasteiger partial charge in [0.15, 0.2) is 0 Å². The number of hydrogen-bond donors (Lipinski definition) is 1. The van der Waals surface area contributed by atoms with E-state index < -0.39 is 0 Å². The number of carbonyl (C=O) groups is 2. The molecule has 0 radical (unpaired) electrons. The first-order valence-corrected chi connectivity index (χ1v) is 11.9. The van der Waals surface area contributed by atoms with Crippen LogP contribution >= 0.6 is 24.0 Å². The maximum absolute atomic E-state index is 12.9. The molecule has 1 heterocycles. The molecule has 7 heteroatoms. The average Bonchev–Trinajstić information content (AvgIpc) is 2.94. The zero-order valence-electron chi connectivity index (χ0n) is 17.1. The van der Waals surface area contributed by atoms with Crippen molar-refractivity contribution < 1.29 is 14.3 Å². The lowest BCUT2D eigenvalue weighted by Gasteiger charge is -2.57. The van der Waals surface area contributed by atoms with Crippen LogP contribution in [0.3, 0.4) is 0 Å². The van der Waals surface area contributed by atoms with Gasteiger partial charge in [0.2, 0.25) is 5.91 Å². The Morgan fingerprint density at radius 1 is 1.20 bits per heavy atom. The van der Waals surface area contributed by atoms with Crippen LogP contribution in [0.5, 0.6) is 5.75 Å². The molecule has 0 aromatic heterocycles. The number of nitrogens with zero attached hydrogens (tertiary/aromatic N) is 1. The highest BCUT2D eigenvalue weighted by molar-refractivity contribution is 8.19.